The largest absolute Gasteiger partial charge is 0.462 e. The molecule has 0 unspecified atom stereocenters. The Morgan fingerprint density at radius 2 is 1.97 bits per heavy atom. The smallest absolute Gasteiger partial charge is 0.340 e. The van der Waals surface area contributed by atoms with Crippen LogP contribution in [0.1, 0.15) is 46.8 Å². The van der Waals surface area contributed by atoms with E-state index in [0.717, 1.165) is 24.0 Å². The van der Waals surface area contributed by atoms with E-state index in [1.54, 1.807) is 13.1 Å². The Bertz CT molecular complexity index is 1050. The van der Waals surface area contributed by atoms with Crippen LogP contribution in [0.5, 0.6) is 11.5 Å². The normalized spacial score (nSPS) is 17.1. The molecule has 2 aromatic rings. The number of hydrogen-bond donors (Lipinski definition) is 0. The molecule has 6 heteroatoms. The summed E-state index contributed by atoms with van der Waals surface area (Å²) in [4.78, 5) is 30.4. The molecule has 0 amide bonds. The quantitative estimate of drug-likeness (QED) is 0.702. The predicted molar refractivity (Wildman–Crippen MR) is 106 cm³/mol. The zero-order valence-corrected chi connectivity index (χ0v) is 16.2. The van der Waals surface area contributed by atoms with E-state index in [0.29, 0.717) is 34.7 Å². The number of aliphatic imine (C=N–C) groups is 1. The average Bonchev–Trinajstić information content (AvgIpc) is 3.17. The molecule has 0 N–H and O–H groups in total. The number of ketones is 1. The van der Waals surface area contributed by atoms with Gasteiger partial charge in [-0.1, -0.05) is 18.2 Å². The van der Waals surface area contributed by atoms with Crippen LogP contribution in [-0.4, -0.2) is 31.4 Å². The third-order valence-corrected chi connectivity index (χ3v) is 5.92. The Kier molecular flexibility index (Phi) is 4.15. The lowest BCUT2D eigenvalue weighted by molar-refractivity contribution is -0.120. The molecule has 0 spiro atoms. The van der Waals surface area contributed by atoms with Gasteiger partial charge in [0.1, 0.15) is 5.78 Å². The minimum Gasteiger partial charge on any atom is -0.462 e. The molecule has 1 saturated carbocycles. The molecule has 0 atom stereocenters. The average molecular weight is 391 g/mol. The first-order valence-corrected chi connectivity index (χ1v) is 9.90. The summed E-state index contributed by atoms with van der Waals surface area (Å²) in [6.07, 6.45) is 4.24. The van der Waals surface area contributed by atoms with Crippen molar-refractivity contribution >= 4 is 23.7 Å². The van der Waals surface area contributed by atoms with Crippen LogP contribution < -0.4 is 9.47 Å². The maximum absolute atomic E-state index is 13.4. The van der Waals surface area contributed by atoms with Crippen LogP contribution in [0.15, 0.2) is 35.3 Å². The molecule has 0 radical (unpaired) electrons. The van der Waals surface area contributed by atoms with Crippen molar-refractivity contribution in [3.05, 3.63) is 52.6 Å². The van der Waals surface area contributed by atoms with Crippen LogP contribution in [-0.2, 0) is 27.8 Å². The Labute approximate surface area is 168 Å². The number of benzene rings is 2. The Morgan fingerprint density at radius 1 is 1.14 bits per heavy atom. The molecule has 29 heavy (non-hydrogen) atoms. The molecule has 0 aromatic heterocycles. The van der Waals surface area contributed by atoms with Crippen molar-refractivity contribution in [1.82, 2.24) is 0 Å². The van der Waals surface area contributed by atoms with Gasteiger partial charge in [-0.2, -0.15) is 0 Å². The van der Waals surface area contributed by atoms with E-state index in [4.69, 9.17) is 14.2 Å². The summed E-state index contributed by atoms with van der Waals surface area (Å²) in [5.74, 6) is 1.07. The topological polar surface area (TPSA) is 74.2 Å². The lowest BCUT2D eigenvalue weighted by Gasteiger charge is -2.17. The van der Waals surface area contributed by atoms with Crippen LogP contribution in [0, 0.1) is 0 Å². The lowest BCUT2D eigenvalue weighted by atomic mass is 9.86. The predicted octanol–water partition coefficient (Wildman–Crippen LogP) is 3.69. The number of fused-ring (bicyclic) bond motifs is 2. The first kappa shape index (κ1) is 17.9. The first-order valence-electron chi connectivity index (χ1n) is 9.90. The number of Topliss-reactive ketones (excluding diaryl/α,β-unsaturated/α-hetero) is 1. The van der Waals surface area contributed by atoms with Crippen LogP contribution in [0.2, 0.25) is 0 Å². The summed E-state index contributed by atoms with van der Waals surface area (Å²) in [5, 5.41) is 0. The number of rotatable bonds is 6. The molecule has 0 bridgehead atoms. The fraction of sp³-hybridized carbons (Fsp3) is 0.348. The monoisotopic (exact) mass is 391 g/mol. The van der Waals surface area contributed by atoms with Crippen molar-refractivity contribution in [2.45, 2.75) is 38.0 Å². The second-order valence-corrected chi connectivity index (χ2v) is 7.59. The molecule has 148 valence electrons. The summed E-state index contributed by atoms with van der Waals surface area (Å²) in [6, 6.07) is 9.53. The fourth-order valence-electron chi connectivity index (χ4n) is 4.19. The van der Waals surface area contributed by atoms with Gasteiger partial charge in [-0.15, -0.1) is 0 Å². The first-order chi connectivity index (χ1) is 14.1. The Balaban J connectivity index is 1.47. The zero-order valence-electron chi connectivity index (χ0n) is 16.2. The molecule has 2 heterocycles. The number of hydrogen-bond acceptors (Lipinski definition) is 6. The van der Waals surface area contributed by atoms with Gasteiger partial charge in [0.25, 0.3) is 0 Å². The van der Waals surface area contributed by atoms with E-state index in [1.807, 2.05) is 30.3 Å². The van der Waals surface area contributed by atoms with Gasteiger partial charge >= 0.3 is 5.97 Å². The van der Waals surface area contributed by atoms with Crippen molar-refractivity contribution in [2.75, 3.05) is 13.4 Å². The molecule has 2 aromatic carbocycles. The maximum atomic E-state index is 13.4. The van der Waals surface area contributed by atoms with Crippen molar-refractivity contribution < 1.29 is 23.8 Å². The maximum Gasteiger partial charge on any atom is 0.340 e. The summed E-state index contributed by atoms with van der Waals surface area (Å²) >= 11 is 0. The molecule has 1 aliphatic carbocycles. The molecule has 5 rings (SSSR count). The van der Waals surface area contributed by atoms with E-state index >= 15 is 0 Å². The number of carbonyl (C=O) groups excluding carboxylic acids is 2. The van der Waals surface area contributed by atoms with E-state index in [1.165, 1.54) is 0 Å². The second kappa shape index (κ2) is 6.72. The minimum atomic E-state index is -0.519. The van der Waals surface area contributed by atoms with Crippen LogP contribution >= 0.6 is 0 Å². The summed E-state index contributed by atoms with van der Waals surface area (Å²) in [6.45, 7) is 2.26. The van der Waals surface area contributed by atoms with Gasteiger partial charge < -0.3 is 14.2 Å². The van der Waals surface area contributed by atoms with Gasteiger partial charge in [0.05, 0.1) is 23.3 Å². The molecular weight excluding hydrogens is 370 g/mol. The Morgan fingerprint density at radius 3 is 2.76 bits per heavy atom. The fourth-order valence-corrected chi connectivity index (χ4v) is 4.19. The van der Waals surface area contributed by atoms with Crippen LogP contribution in [0.4, 0.5) is 5.69 Å². The number of nitrogens with zero attached hydrogens (tertiary/aromatic N) is 1. The van der Waals surface area contributed by atoms with Crippen LogP contribution in [0.3, 0.4) is 0 Å². The highest BCUT2D eigenvalue weighted by Gasteiger charge is 2.51. The molecule has 6 nitrogen and oxygen atoms in total. The molecule has 1 fully saturated rings. The summed E-state index contributed by atoms with van der Waals surface area (Å²) < 4.78 is 16.1. The summed E-state index contributed by atoms with van der Waals surface area (Å²) in [7, 11) is 0. The number of carbonyl (C=O) groups is 2. The molecular formula is C23H21NO5. The number of ether oxygens (including phenoxy) is 3. The standard InChI is InChI=1S/C23H21NO5/c1-2-27-22(26)20-15(4-3-14-7-10-24-21(14)20)11-19(25)23(8-9-23)16-5-6-17-18(12-16)29-13-28-17/h3-6,10,12H,2,7-9,11,13H2,1H3. The van der Waals surface area contributed by atoms with Crippen molar-refractivity contribution in [1.29, 1.82) is 0 Å². The van der Waals surface area contributed by atoms with Gasteiger partial charge in [-0.25, -0.2) is 4.79 Å². The van der Waals surface area contributed by atoms with Gasteiger partial charge in [-0.05, 0) is 48.6 Å². The molecule has 3 aliphatic rings. The third-order valence-electron chi connectivity index (χ3n) is 5.92. The van der Waals surface area contributed by atoms with Crippen LogP contribution in [0.25, 0.3) is 0 Å². The highest BCUT2D eigenvalue weighted by atomic mass is 16.7. The van der Waals surface area contributed by atoms with Crippen molar-refractivity contribution in [3.63, 3.8) is 0 Å². The molecule has 0 saturated heterocycles. The SMILES string of the molecule is CCOC(=O)c1c(CC(=O)C2(c3ccc4c(c3)OCO4)CC2)ccc2c1N=CC2. The van der Waals surface area contributed by atoms with Crippen molar-refractivity contribution in [3.8, 4) is 11.5 Å². The van der Waals surface area contributed by atoms with Gasteiger partial charge in [0.15, 0.2) is 11.5 Å². The Hall–Kier alpha value is -3.15. The highest BCUT2D eigenvalue weighted by Crippen LogP contribution is 2.51. The third kappa shape index (κ3) is 2.90. The zero-order chi connectivity index (χ0) is 20.0. The van der Waals surface area contributed by atoms with E-state index < -0.39 is 11.4 Å². The van der Waals surface area contributed by atoms with Gasteiger partial charge in [0.2, 0.25) is 6.79 Å². The van der Waals surface area contributed by atoms with E-state index in [-0.39, 0.29) is 25.6 Å². The van der Waals surface area contributed by atoms with E-state index in [9.17, 15) is 9.59 Å². The van der Waals surface area contributed by atoms with Gasteiger partial charge in [0, 0.05) is 19.1 Å². The lowest BCUT2D eigenvalue weighted by Crippen LogP contribution is -2.23. The second-order valence-electron chi connectivity index (χ2n) is 7.59. The molecule has 2 aliphatic heterocycles. The van der Waals surface area contributed by atoms with Gasteiger partial charge in [-0.3, -0.25) is 9.79 Å². The van der Waals surface area contributed by atoms with E-state index in [2.05, 4.69) is 4.99 Å². The minimum absolute atomic E-state index is 0.101. The highest BCUT2D eigenvalue weighted by molar-refractivity contribution is 6.02. The summed E-state index contributed by atoms with van der Waals surface area (Å²) in [5.41, 5.74) is 3.16. The number of esters is 1. The van der Waals surface area contributed by atoms with Crippen molar-refractivity contribution in [2.24, 2.45) is 4.99 Å².